The van der Waals surface area contributed by atoms with E-state index in [0.717, 1.165) is 0 Å². The SMILES string of the molecule is CC1CN(S(=O)(=O)C(C)C(N)=S)CCCO1. The second-order valence-corrected chi connectivity index (χ2v) is 6.71. The maximum Gasteiger partial charge on any atom is 0.223 e. The number of hydrogen-bond acceptors (Lipinski definition) is 4. The second kappa shape index (κ2) is 5.39. The molecule has 2 unspecified atom stereocenters. The molecule has 16 heavy (non-hydrogen) atoms. The van der Waals surface area contributed by atoms with E-state index in [1.54, 1.807) is 0 Å². The van der Waals surface area contributed by atoms with Gasteiger partial charge in [0.25, 0.3) is 0 Å². The molecule has 1 saturated heterocycles. The largest absolute Gasteiger partial charge is 0.392 e. The van der Waals surface area contributed by atoms with Crippen molar-refractivity contribution >= 4 is 27.2 Å². The minimum absolute atomic E-state index is 0.0119. The zero-order valence-electron chi connectivity index (χ0n) is 9.55. The highest BCUT2D eigenvalue weighted by Gasteiger charge is 2.32. The summed E-state index contributed by atoms with van der Waals surface area (Å²) >= 11 is 4.74. The van der Waals surface area contributed by atoms with E-state index < -0.39 is 15.3 Å². The fourth-order valence-electron chi connectivity index (χ4n) is 1.56. The Morgan fingerprint density at radius 1 is 1.62 bits per heavy atom. The van der Waals surface area contributed by atoms with Gasteiger partial charge in [-0.1, -0.05) is 12.2 Å². The molecule has 0 aromatic heterocycles. The van der Waals surface area contributed by atoms with Gasteiger partial charge in [-0.2, -0.15) is 4.31 Å². The number of nitrogens with two attached hydrogens (primary N) is 1. The molecule has 0 aliphatic carbocycles. The van der Waals surface area contributed by atoms with E-state index in [1.807, 2.05) is 6.92 Å². The molecule has 2 atom stereocenters. The second-order valence-electron chi connectivity index (χ2n) is 3.98. The van der Waals surface area contributed by atoms with Crippen molar-refractivity contribution in [3.05, 3.63) is 0 Å². The Morgan fingerprint density at radius 2 is 2.25 bits per heavy atom. The fraction of sp³-hybridized carbons (Fsp3) is 0.889. The summed E-state index contributed by atoms with van der Waals surface area (Å²) < 4.78 is 31.1. The molecule has 7 heteroatoms. The van der Waals surface area contributed by atoms with E-state index >= 15 is 0 Å². The van der Waals surface area contributed by atoms with Gasteiger partial charge < -0.3 is 10.5 Å². The lowest BCUT2D eigenvalue weighted by Gasteiger charge is -2.24. The van der Waals surface area contributed by atoms with Gasteiger partial charge in [0, 0.05) is 19.7 Å². The molecule has 0 aromatic carbocycles. The van der Waals surface area contributed by atoms with Crippen LogP contribution in [0.4, 0.5) is 0 Å². The van der Waals surface area contributed by atoms with Crippen molar-refractivity contribution in [2.75, 3.05) is 19.7 Å². The van der Waals surface area contributed by atoms with Crippen LogP contribution in [-0.2, 0) is 14.8 Å². The maximum absolute atomic E-state index is 12.1. The number of thiocarbonyl (C=S) groups is 1. The Hall–Kier alpha value is -0.240. The summed E-state index contributed by atoms with van der Waals surface area (Å²) in [5.41, 5.74) is 5.40. The summed E-state index contributed by atoms with van der Waals surface area (Å²) in [4.78, 5) is 0.0119. The molecule has 1 aliphatic rings. The van der Waals surface area contributed by atoms with Crippen LogP contribution in [-0.4, -0.2) is 48.8 Å². The van der Waals surface area contributed by atoms with Crippen LogP contribution in [0.1, 0.15) is 20.3 Å². The number of nitrogens with zero attached hydrogens (tertiary/aromatic N) is 1. The molecule has 94 valence electrons. The first kappa shape index (κ1) is 13.8. The van der Waals surface area contributed by atoms with E-state index in [4.69, 9.17) is 22.7 Å². The predicted octanol–water partition coefficient (Wildman–Crippen LogP) is 0.102. The van der Waals surface area contributed by atoms with Crippen molar-refractivity contribution in [2.45, 2.75) is 31.6 Å². The lowest BCUT2D eigenvalue weighted by atomic mass is 10.4. The van der Waals surface area contributed by atoms with Gasteiger partial charge in [0.05, 0.1) is 11.1 Å². The Morgan fingerprint density at radius 3 is 2.81 bits per heavy atom. The normalized spacial score (nSPS) is 26.0. The Labute approximate surface area is 102 Å². The first-order valence-corrected chi connectivity index (χ1v) is 7.16. The molecule has 0 amide bonds. The predicted molar refractivity (Wildman–Crippen MR) is 66.8 cm³/mol. The first-order chi connectivity index (χ1) is 7.35. The average Bonchev–Trinajstić information content (AvgIpc) is 2.41. The van der Waals surface area contributed by atoms with Crippen molar-refractivity contribution in [1.82, 2.24) is 4.31 Å². The van der Waals surface area contributed by atoms with Crippen molar-refractivity contribution < 1.29 is 13.2 Å². The highest BCUT2D eigenvalue weighted by Crippen LogP contribution is 2.14. The third-order valence-corrected chi connectivity index (χ3v) is 5.32. The summed E-state index contributed by atoms with van der Waals surface area (Å²) in [6.07, 6.45) is 0.615. The Balaban J connectivity index is 2.85. The molecule has 0 saturated carbocycles. The van der Waals surface area contributed by atoms with E-state index in [9.17, 15) is 8.42 Å². The molecule has 0 aromatic rings. The monoisotopic (exact) mass is 266 g/mol. The summed E-state index contributed by atoms with van der Waals surface area (Å²) in [6.45, 7) is 4.82. The van der Waals surface area contributed by atoms with Crippen molar-refractivity contribution in [1.29, 1.82) is 0 Å². The van der Waals surface area contributed by atoms with Crippen LogP contribution in [0.15, 0.2) is 0 Å². The van der Waals surface area contributed by atoms with Crippen LogP contribution in [0.25, 0.3) is 0 Å². The summed E-state index contributed by atoms with van der Waals surface area (Å²) in [5, 5.41) is -0.812. The van der Waals surface area contributed by atoms with E-state index in [0.29, 0.717) is 26.1 Å². The molecule has 1 rings (SSSR count). The van der Waals surface area contributed by atoms with Crippen molar-refractivity contribution in [3.63, 3.8) is 0 Å². The fourth-order valence-corrected chi connectivity index (χ4v) is 3.46. The highest BCUT2D eigenvalue weighted by molar-refractivity contribution is 7.92. The molecule has 0 radical (unpaired) electrons. The van der Waals surface area contributed by atoms with Gasteiger partial charge in [-0.25, -0.2) is 8.42 Å². The van der Waals surface area contributed by atoms with Gasteiger partial charge in [0.2, 0.25) is 10.0 Å². The number of hydrogen-bond donors (Lipinski definition) is 1. The van der Waals surface area contributed by atoms with Crippen LogP contribution >= 0.6 is 12.2 Å². The smallest absolute Gasteiger partial charge is 0.223 e. The third-order valence-electron chi connectivity index (χ3n) is 2.62. The zero-order valence-corrected chi connectivity index (χ0v) is 11.2. The molecule has 1 fully saturated rings. The molecule has 0 bridgehead atoms. The van der Waals surface area contributed by atoms with Gasteiger partial charge in [-0.15, -0.1) is 0 Å². The number of ether oxygens (including phenoxy) is 1. The molecule has 0 spiro atoms. The average molecular weight is 266 g/mol. The van der Waals surface area contributed by atoms with Gasteiger partial charge in [0.1, 0.15) is 5.25 Å². The molecule has 2 N–H and O–H groups in total. The van der Waals surface area contributed by atoms with Crippen LogP contribution in [0, 0.1) is 0 Å². The minimum Gasteiger partial charge on any atom is -0.392 e. The first-order valence-electron chi connectivity index (χ1n) is 5.25. The van der Waals surface area contributed by atoms with Crippen molar-refractivity contribution in [3.8, 4) is 0 Å². The zero-order chi connectivity index (χ0) is 12.3. The van der Waals surface area contributed by atoms with Gasteiger partial charge in [-0.3, -0.25) is 0 Å². The van der Waals surface area contributed by atoms with Gasteiger partial charge >= 0.3 is 0 Å². The lowest BCUT2D eigenvalue weighted by molar-refractivity contribution is 0.0752. The van der Waals surface area contributed by atoms with Crippen LogP contribution in [0.3, 0.4) is 0 Å². The third kappa shape index (κ3) is 3.13. The molecular weight excluding hydrogens is 248 g/mol. The number of rotatable bonds is 3. The van der Waals surface area contributed by atoms with Crippen molar-refractivity contribution in [2.24, 2.45) is 5.73 Å². The molecule has 1 aliphatic heterocycles. The maximum atomic E-state index is 12.1. The van der Waals surface area contributed by atoms with Crippen LogP contribution in [0.2, 0.25) is 0 Å². The lowest BCUT2D eigenvalue weighted by Crippen LogP contribution is -2.45. The molecular formula is C9H18N2O3S2. The quantitative estimate of drug-likeness (QED) is 0.734. The van der Waals surface area contributed by atoms with E-state index in [2.05, 4.69) is 0 Å². The highest BCUT2D eigenvalue weighted by atomic mass is 32.2. The molecule has 1 heterocycles. The van der Waals surface area contributed by atoms with E-state index in [-0.39, 0.29) is 11.1 Å². The standard InChI is InChI=1S/C9H18N2O3S2/c1-7-6-11(4-3-5-14-7)16(12,13)8(2)9(10)15/h7-8H,3-6H2,1-2H3,(H2,10,15). The summed E-state index contributed by atoms with van der Waals surface area (Å²) in [5.74, 6) is 0. The topological polar surface area (TPSA) is 72.6 Å². The number of sulfonamides is 1. The Bertz CT molecular complexity index is 356. The summed E-state index contributed by atoms with van der Waals surface area (Å²) in [6, 6.07) is 0. The summed E-state index contributed by atoms with van der Waals surface area (Å²) in [7, 11) is -3.43. The van der Waals surface area contributed by atoms with E-state index in [1.165, 1.54) is 11.2 Å². The van der Waals surface area contributed by atoms with Crippen LogP contribution < -0.4 is 5.73 Å². The van der Waals surface area contributed by atoms with Gasteiger partial charge in [0.15, 0.2) is 0 Å². The minimum atomic E-state index is -3.43. The van der Waals surface area contributed by atoms with Gasteiger partial charge in [-0.05, 0) is 20.3 Å². The Kier molecular flexibility index (Phi) is 4.66. The molecule has 5 nitrogen and oxygen atoms in total. The van der Waals surface area contributed by atoms with Crippen LogP contribution in [0.5, 0.6) is 0 Å².